The lowest BCUT2D eigenvalue weighted by atomic mass is 9.92. The topological polar surface area (TPSA) is 64.3 Å². The highest BCUT2D eigenvalue weighted by atomic mass is 79.9. The Morgan fingerprint density at radius 1 is 1.17 bits per heavy atom. The quantitative estimate of drug-likeness (QED) is 0.812. The van der Waals surface area contributed by atoms with Gasteiger partial charge in [0.1, 0.15) is 11.3 Å². The number of carbonyl (C=O) groups excluding carboxylic acids is 1. The molecule has 122 valence electrons. The Bertz CT molecular complexity index is 652. The molecule has 2 rings (SSSR count). The monoisotopic (exact) mass is 376 g/mol. The number of nitrogens with one attached hydrogen (secondary N) is 1. The smallest absolute Gasteiger partial charge is 0.244 e. The molecule has 3 N–H and O–H groups in total. The van der Waals surface area contributed by atoms with Crippen molar-refractivity contribution in [2.75, 3.05) is 6.61 Å². The van der Waals surface area contributed by atoms with Gasteiger partial charge in [-0.05, 0) is 49.2 Å². The van der Waals surface area contributed by atoms with Gasteiger partial charge in [-0.15, -0.1) is 0 Å². The molecule has 1 amide bonds. The minimum atomic E-state index is -1.08. The molecule has 1 unspecified atom stereocenters. The fraction of sp³-hybridized carbons (Fsp3) is 0.278. The summed E-state index contributed by atoms with van der Waals surface area (Å²) in [4.78, 5) is 12.4. The Morgan fingerprint density at radius 2 is 1.78 bits per heavy atom. The molecule has 4 nitrogen and oxygen atoms in total. The van der Waals surface area contributed by atoms with Gasteiger partial charge in [0.2, 0.25) is 5.91 Å². The van der Waals surface area contributed by atoms with Crippen molar-refractivity contribution in [2.24, 2.45) is 5.73 Å². The van der Waals surface area contributed by atoms with Crippen LogP contribution in [0.25, 0.3) is 0 Å². The lowest BCUT2D eigenvalue weighted by Crippen LogP contribution is -2.48. The lowest BCUT2D eigenvalue weighted by molar-refractivity contribution is -0.126. The van der Waals surface area contributed by atoms with Crippen molar-refractivity contribution in [2.45, 2.75) is 25.9 Å². The maximum Gasteiger partial charge on any atom is 0.244 e. The summed E-state index contributed by atoms with van der Waals surface area (Å²) in [5, 5.41) is 2.89. The Morgan fingerprint density at radius 3 is 2.35 bits per heavy atom. The molecule has 0 saturated heterocycles. The first kappa shape index (κ1) is 17.5. The van der Waals surface area contributed by atoms with Crippen molar-refractivity contribution in [3.63, 3.8) is 0 Å². The van der Waals surface area contributed by atoms with Gasteiger partial charge in [-0.25, -0.2) is 0 Å². The van der Waals surface area contributed by atoms with Gasteiger partial charge < -0.3 is 15.8 Å². The minimum absolute atomic E-state index is 0.214. The van der Waals surface area contributed by atoms with Gasteiger partial charge in [0.15, 0.2) is 0 Å². The predicted molar refractivity (Wildman–Crippen MR) is 95.1 cm³/mol. The van der Waals surface area contributed by atoms with E-state index in [4.69, 9.17) is 10.5 Å². The first-order valence-corrected chi connectivity index (χ1v) is 8.27. The molecule has 2 aromatic rings. The van der Waals surface area contributed by atoms with Gasteiger partial charge in [-0.3, -0.25) is 4.79 Å². The molecule has 5 heteroatoms. The molecule has 0 fully saturated rings. The number of amides is 1. The molecular weight excluding hydrogens is 356 g/mol. The van der Waals surface area contributed by atoms with Gasteiger partial charge in [-0.2, -0.15) is 0 Å². The second kappa shape index (κ2) is 7.62. The van der Waals surface area contributed by atoms with E-state index in [-0.39, 0.29) is 5.91 Å². The molecule has 0 radical (unpaired) electrons. The van der Waals surface area contributed by atoms with Crippen molar-refractivity contribution < 1.29 is 9.53 Å². The van der Waals surface area contributed by atoms with Crippen LogP contribution in [0.1, 0.15) is 25.0 Å². The van der Waals surface area contributed by atoms with Crippen LogP contribution in [0.3, 0.4) is 0 Å². The zero-order chi connectivity index (χ0) is 16.9. The van der Waals surface area contributed by atoms with E-state index >= 15 is 0 Å². The second-order valence-electron chi connectivity index (χ2n) is 5.47. The Kier molecular flexibility index (Phi) is 5.80. The zero-order valence-electron chi connectivity index (χ0n) is 13.3. The van der Waals surface area contributed by atoms with Crippen LogP contribution in [0, 0.1) is 0 Å². The molecule has 0 aliphatic heterocycles. The molecule has 0 spiro atoms. The summed E-state index contributed by atoms with van der Waals surface area (Å²) in [7, 11) is 0. The first-order valence-electron chi connectivity index (χ1n) is 7.48. The summed E-state index contributed by atoms with van der Waals surface area (Å²) < 4.78 is 6.35. The van der Waals surface area contributed by atoms with E-state index in [1.165, 1.54) is 0 Å². The van der Waals surface area contributed by atoms with Crippen LogP contribution >= 0.6 is 15.9 Å². The molecule has 0 heterocycles. The lowest BCUT2D eigenvalue weighted by Gasteiger charge is -2.24. The maximum absolute atomic E-state index is 12.4. The van der Waals surface area contributed by atoms with E-state index < -0.39 is 5.54 Å². The number of ether oxygens (including phenoxy) is 1. The number of hydrogen-bond donors (Lipinski definition) is 2. The van der Waals surface area contributed by atoms with Gasteiger partial charge >= 0.3 is 0 Å². The third-order valence-electron chi connectivity index (χ3n) is 3.60. The van der Waals surface area contributed by atoms with Crippen LogP contribution in [-0.2, 0) is 16.9 Å². The van der Waals surface area contributed by atoms with E-state index in [0.717, 1.165) is 21.3 Å². The van der Waals surface area contributed by atoms with E-state index in [9.17, 15) is 4.79 Å². The molecule has 0 aromatic heterocycles. The van der Waals surface area contributed by atoms with E-state index in [0.29, 0.717) is 13.2 Å². The number of hydrogen-bond acceptors (Lipinski definition) is 3. The molecule has 0 bridgehead atoms. The summed E-state index contributed by atoms with van der Waals surface area (Å²) in [6.45, 7) is 4.71. The highest BCUT2D eigenvalue weighted by Crippen LogP contribution is 2.21. The van der Waals surface area contributed by atoms with Crippen LogP contribution in [-0.4, -0.2) is 12.5 Å². The molecule has 0 aliphatic carbocycles. The van der Waals surface area contributed by atoms with E-state index in [2.05, 4.69) is 21.2 Å². The van der Waals surface area contributed by atoms with E-state index in [1.807, 2.05) is 55.5 Å². The Labute approximate surface area is 145 Å². The van der Waals surface area contributed by atoms with Crippen molar-refractivity contribution in [1.82, 2.24) is 5.32 Å². The van der Waals surface area contributed by atoms with Crippen molar-refractivity contribution in [3.05, 3.63) is 64.1 Å². The van der Waals surface area contributed by atoms with Crippen molar-refractivity contribution in [3.8, 4) is 5.75 Å². The third kappa shape index (κ3) is 4.56. The fourth-order valence-corrected chi connectivity index (χ4v) is 2.43. The van der Waals surface area contributed by atoms with Crippen molar-refractivity contribution >= 4 is 21.8 Å². The van der Waals surface area contributed by atoms with Crippen LogP contribution in [0.5, 0.6) is 5.75 Å². The standard InChI is InChI=1S/C18H21BrN2O2/c1-3-23-16-10-4-13(5-11-16)12-21-17(22)18(2,20)14-6-8-15(19)9-7-14/h4-11H,3,12,20H2,1-2H3,(H,21,22). The molecule has 2 aromatic carbocycles. The number of halogens is 1. The zero-order valence-corrected chi connectivity index (χ0v) is 14.9. The van der Waals surface area contributed by atoms with Crippen molar-refractivity contribution in [1.29, 1.82) is 0 Å². The normalized spacial score (nSPS) is 13.2. The molecule has 23 heavy (non-hydrogen) atoms. The average molecular weight is 377 g/mol. The summed E-state index contributed by atoms with van der Waals surface area (Å²) in [5.41, 5.74) is 6.90. The molecule has 0 aliphatic rings. The largest absolute Gasteiger partial charge is 0.494 e. The summed E-state index contributed by atoms with van der Waals surface area (Å²) in [5.74, 6) is 0.606. The molecule has 1 atom stereocenters. The Balaban J connectivity index is 1.99. The fourth-order valence-electron chi connectivity index (χ4n) is 2.16. The second-order valence-corrected chi connectivity index (χ2v) is 6.38. The van der Waals surface area contributed by atoms with E-state index in [1.54, 1.807) is 6.92 Å². The molecule has 0 saturated carbocycles. The summed E-state index contributed by atoms with van der Waals surface area (Å²) in [6, 6.07) is 15.1. The van der Waals surface area contributed by atoms with Crippen LogP contribution in [0.2, 0.25) is 0 Å². The number of carbonyl (C=O) groups is 1. The van der Waals surface area contributed by atoms with Crippen LogP contribution < -0.4 is 15.8 Å². The van der Waals surface area contributed by atoms with Crippen LogP contribution in [0.4, 0.5) is 0 Å². The average Bonchev–Trinajstić information content (AvgIpc) is 2.54. The van der Waals surface area contributed by atoms with Gasteiger partial charge in [0, 0.05) is 11.0 Å². The number of nitrogens with two attached hydrogens (primary N) is 1. The summed E-state index contributed by atoms with van der Waals surface area (Å²) in [6.07, 6.45) is 0. The predicted octanol–water partition coefficient (Wildman–Crippen LogP) is 3.34. The minimum Gasteiger partial charge on any atom is -0.494 e. The highest BCUT2D eigenvalue weighted by molar-refractivity contribution is 9.10. The SMILES string of the molecule is CCOc1ccc(CNC(=O)C(C)(N)c2ccc(Br)cc2)cc1. The Hall–Kier alpha value is -1.85. The first-order chi connectivity index (χ1) is 10.9. The van der Waals surface area contributed by atoms with Gasteiger partial charge in [0.25, 0.3) is 0 Å². The van der Waals surface area contributed by atoms with Crippen LogP contribution in [0.15, 0.2) is 53.0 Å². The maximum atomic E-state index is 12.4. The summed E-state index contributed by atoms with van der Waals surface area (Å²) >= 11 is 3.38. The highest BCUT2D eigenvalue weighted by Gasteiger charge is 2.30. The third-order valence-corrected chi connectivity index (χ3v) is 4.13. The van der Waals surface area contributed by atoms with Gasteiger partial charge in [0.05, 0.1) is 6.61 Å². The van der Waals surface area contributed by atoms with Gasteiger partial charge in [-0.1, -0.05) is 40.2 Å². The molecular formula is C18H21BrN2O2. The number of benzene rings is 2. The number of rotatable bonds is 6.